The van der Waals surface area contributed by atoms with E-state index in [0.717, 1.165) is 25.7 Å². The molecule has 0 atom stereocenters. The topological polar surface area (TPSA) is 55.7 Å². The lowest BCUT2D eigenvalue weighted by Crippen LogP contribution is -2.30. The van der Waals surface area contributed by atoms with Crippen LogP contribution in [0, 0.1) is 10.8 Å². The molecule has 0 aliphatic heterocycles. The molecule has 0 amide bonds. The zero-order chi connectivity index (χ0) is 15.5. The second kappa shape index (κ2) is 6.37. The van der Waals surface area contributed by atoms with Gasteiger partial charge in [0.1, 0.15) is 11.3 Å². The quantitative estimate of drug-likeness (QED) is 0.598. The number of carbonyl (C=O) groups is 1. The van der Waals surface area contributed by atoms with Crippen LogP contribution in [0.15, 0.2) is 29.4 Å². The van der Waals surface area contributed by atoms with Gasteiger partial charge in [0.15, 0.2) is 0 Å². The van der Waals surface area contributed by atoms with Crippen LogP contribution < -0.4 is 0 Å². The summed E-state index contributed by atoms with van der Waals surface area (Å²) in [6.07, 6.45) is 3.70. The molecular formula is C17H23NO3. The van der Waals surface area contributed by atoms with Crippen LogP contribution >= 0.6 is 0 Å². The lowest BCUT2D eigenvalue weighted by Gasteiger charge is -2.30. The highest BCUT2D eigenvalue weighted by atomic mass is 16.6. The van der Waals surface area contributed by atoms with Gasteiger partial charge in [0.25, 0.3) is 0 Å². The summed E-state index contributed by atoms with van der Waals surface area (Å²) >= 11 is 0. The van der Waals surface area contributed by atoms with Gasteiger partial charge >= 0.3 is 5.97 Å². The van der Waals surface area contributed by atoms with E-state index in [9.17, 15) is 9.70 Å². The third kappa shape index (κ3) is 4.38. The number of carbonyl (C=O) groups excluding carboxylic acids is 1. The molecule has 1 fully saturated rings. The second-order valence-electron chi connectivity index (χ2n) is 6.76. The Kier molecular flexibility index (Phi) is 4.76. The third-order valence-corrected chi connectivity index (χ3v) is 3.94. The average Bonchev–Trinajstić information content (AvgIpc) is 2.46. The largest absolute Gasteiger partial charge is 0.460 e. The lowest BCUT2D eigenvalue weighted by atomic mass is 9.78. The first kappa shape index (κ1) is 15.7. The Bertz CT molecular complexity index is 494. The Balaban J connectivity index is 1.90. The molecule has 0 spiro atoms. The van der Waals surface area contributed by atoms with Crippen LogP contribution in [-0.2, 0) is 9.53 Å². The normalized spacial score (nSPS) is 22.6. The van der Waals surface area contributed by atoms with Crippen LogP contribution in [0.1, 0.15) is 57.9 Å². The van der Waals surface area contributed by atoms with E-state index in [1.807, 2.05) is 32.9 Å². The van der Waals surface area contributed by atoms with Gasteiger partial charge in [0.05, 0.1) is 5.92 Å². The number of nitroso groups, excluding NO2 is 1. The maximum atomic E-state index is 12.1. The molecule has 4 heteroatoms. The summed E-state index contributed by atoms with van der Waals surface area (Å²) in [4.78, 5) is 22.5. The van der Waals surface area contributed by atoms with Crippen LogP contribution in [0.25, 0.3) is 0 Å². The van der Waals surface area contributed by atoms with Crippen molar-refractivity contribution < 1.29 is 9.53 Å². The fourth-order valence-electron chi connectivity index (χ4n) is 2.85. The summed E-state index contributed by atoms with van der Waals surface area (Å²) in [5.74, 6) is 0.419. The molecule has 1 aromatic rings. The van der Waals surface area contributed by atoms with Crippen molar-refractivity contribution in [3.05, 3.63) is 34.7 Å². The van der Waals surface area contributed by atoms with E-state index in [-0.39, 0.29) is 11.9 Å². The Morgan fingerprint density at radius 2 is 1.67 bits per heavy atom. The summed E-state index contributed by atoms with van der Waals surface area (Å²) in [6, 6.07) is 7.44. The van der Waals surface area contributed by atoms with Gasteiger partial charge < -0.3 is 4.74 Å². The SMILES string of the molecule is CC(C)(C)OC(=O)C1CCC(c2ccc(N=O)cc2)CC1. The van der Waals surface area contributed by atoms with Crippen molar-refractivity contribution in [1.29, 1.82) is 0 Å². The van der Waals surface area contributed by atoms with Gasteiger partial charge in [-0.05, 0) is 75.2 Å². The van der Waals surface area contributed by atoms with Gasteiger partial charge in [-0.1, -0.05) is 12.1 Å². The summed E-state index contributed by atoms with van der Waals surface area (Å²) in [5.41, 5.74) is 1.28. The van der Waals surface area contributed by atoms with Crippen molar-refractivity contribution in [3.8, 4) is 0 Å². The maximum absolute atomic E-state index is 12.1. The minimum Gasteiger partial charge on any atom is -0.460 e. The summed E-state index contributed by atoms with van der Waals surface area (Å²) in [5, 5.41) is 2.91. The number of nitrogens with zero attached hydrogens (tertiary/aromatic N) is 1. The molecular weight excluding hydrogens is 266 g/mol. The molecule has 0 radical (unpaired) electrons. The van der Waals surface area contributed by atoms with E-state index in [2.05, 4.69) is 5.18 Å². The van der Waals surface area contributed by atoms with Crippen LogP contribution in [0.4, 0.5) is 5.69 Å². The summed E-state index contributed by atoms with van der Waals surface area (Å²) in [7, 11) is 0. The minimum atomic E-state index is -0.411. The zero-order valence-electron chi connectivity index (χ0n) is 13.0. The van der Waals surface area contributed by atoms with Crippen molar-refractivity contribution in [2.45, 2.75) is 58.0 Å². The number of hydrogen-bond donors (Lipinski definition) is 0. The van der Waals surface area contributed by atoms with E-state index in [1.165, 1.54) is 5.56 Å². The molecule has 0 N–H and O–H groups in total. The molecule has 0 heterocycles. The summed E-state index contributed by atoms with van der Waals surface area (Å²) in [6.45, 7) is 5.71. The van der Waals surface area contributed by atoms with Crippen LogP contribution in [0.5, 0.6) is 0 Å². The van der Waals surface area contributed by atoms with Crippen molar-refractivity contribution >= 4 is 11.7 Å². The molecule has 21 heavy (non-hydrogen) atoms. The average molecular weight is 289 g/mol. The molecule has 2 rings (SSSR count). The van der Waals surface area contributed by atoms with Crippen LogP contribution in [0.3, 0.4) is 0 Å². The van der Waals surface area contributed by atoms with Gasteiger partial charge in [-0.25, -0.2) is 0 Å². The monoisotopic (exact) mass is 289 g/mol. The van der Waals surface area contributed by atoms with Crippen molar-refractivity contribution in [1.82, 2.24) is 0 Å². The number of ether oxygens (including phenoxy) is 1. The second-order valence-corrected chi connectivity index (χ2v) is 6.76. The van der Waals surface area contributed by atoms with E-state index < -0.39 is 5.60 Å². The van der Waals surface area contributed by atoms with Gasteiger partial charge in [0.2, 0.25) is 0 Å². The highest BCUT2D eigenvalue weighted by molar-refractivity contribution is 5.73. The number of benzene rings is 1. The third-order valence-electron chi connectivity index (χ3n) is 3.94. The first-order valence-corrected chi connectivity index (χ1v) is 7.55. The fraction of sp³-hybridized carbons (Fsp3) is 0.588. The van der Waals surface area contributed by atoms with E-state index in [0.29, 0.717) is 11.6 Å². The summed E-state index contributed by atoms with van der Waals surface area (Å²) < 4.78 is 5.46. The number of esters is 1. The smallest absolute Gasteiger partial charge is 0.309 e. The van der Waals surface area contributed by atoms with Crippen molar-refractivity contribution in [2.75, 3.05) is 0 Å². The van der Waals surface area contributed by atoms with E-state index in [1.54, 1.807) is 12.1 Å². The Hall–Kier alpha value is -1.71. The Morgan fingerprint density at radius 1 is 1.10 bits per heavy atom. The molecule has 4 nitrogen and oxygen atoms in total. The maximum Gasteiger partial charge on any atom is 0.309 e. The molecule has 0 aromatic heterocycles. The van der Waals surface area contributed by atoms with E-state index in [4.69, 9.17) is 4.74 Å². The highest BCUT2D eigenvalue weighted by Crippen LogP contribution is 2.37. The predicted molar refractivity (Wildman–Crippen MR) is 82.4 cm³/mol. The fourth-order valence-corrected chi connectivity index (χ4v) is 2.85. The molecule has 114 valence electrons. The Labute approximate surface area is 125 Å². The van der Waals surface area contributed by atoms with Gasteiger partial charge in [0, 0.05) is 0 Å². The van der Waals surface area contributed by atoms with Gasteiger partial charge in [-0.3, -0.25) is 4.79 Å². The first-order chi connectivity index (χ1) is 9.89. The molecule has 1 aliphatic carbocycles. The zero-order valence-corrected chi connectivity index (χ0v) is 13.0. The molecule has 1 aromatic carbocycles. The molecule has 0 bridgehead atoms. The standard InChI is InChI=1S/C17H23NO3/c1-17(2,3)21-16(19)14-6-4-12(5-7-14)13-8-10-15(18-20)11-9-13/h8-12,14H,4-7H2,1-3H3. The molecule has 0 unspecified atom stereocenters. The molecule has 0 saturated heterocycles. The van der Waals surface area contributed by atoms with Gasteiger partial charge in [-0.2, -0.15) is 0 Å². The van der Waals surface area contributed by atoms with Crippen LogP contribution in [0.2, 0.25) is 0 Å². The Morgan fingerprint density at radius 3 is 2.14 bits per heavy atom. The lowest BCUT2D eigenvalue weighted by molar-refractivity contribution is -0.161. The molecule has 1 saturated carbocycles. The number of rotatable bonds is 3. The number of hydrogen-bond acceptors (Lipinski definition) is 4. The van der Waals surface area contributed by atoms with Gasteiger partial charge in [-0.15, -0.1) is 4.91 Å². The van der Waals surface area contributed by atoms with E-state index >= 15 is 0 Å². The van der Waals surface area contributed by atoms with Crippen LogP contribution in [-0.4, -0.2) is 11.6 Å². The van der Waals surface area contributed by atoms with Crippen molar-refractivity contribution in [2.24, 2.45) is 11.1 Å². The predicted octanol–water partition coefficient (Wildman–Crippen LogP) is 4.70. The van der Waals surface area contributed by atoms with Crippen molar-refractivity contribution in [3.63, 3.8) is 0 Å². The minimum absolute atomic E-state index is 0.0244. The first-order valence-electron chi connectivity index (χ1n) is 7.55. The highest BCUT2D eigenvalue weighted by Gasteiger charge is 2.30. The molecule has 1 aliphatic rings.